The molecular formula is C17H29FN2. The fourth-order valence-corrected chi connectivity index (χ4v) is 3.15. The first kappa shape index (κ1) is 17.1. The zero-order valence-corrected chi connectivity index (χ0v) is 13.5. The minimum absolute atomic E-state index is 0.0283. The van der Waals surface area contributed by atoms with E-state index in [2.05, 4.69) is 37.9 Å². The van der Waals surface area contributed by atoms with E-state index in [0.29, 0.717) is 6.42 Å². The van der Waals surface area contributed by atoms with Crippen LogP contribution in [0.3, 0.4) is 0 Å². The Morgan fingerprint density at radius 3 is 2.25 bits per heavy atom. The highest BCUT2D eigenvalue weighted by Crippen LogP contribution is 2.26. The summed E-state index contributed by atoms with van der Waals surface area (Å²) in [6.45, 7) is 10.9. The van der Waals surface area contributed by atoms with E-state index in [0.717, 1.165) is 25.1 Å². The first-order valence-corrected chi connectivity index (χ1v) is 7.69. The third-order valence-electron chi connectivity index (χ3n) is 4.68. The molecule has 0 aromatic heterocycles. The van der Waals surface area contributed by atoms with Gasteiger partial charge in [0.15, 0.2) is 0 Å². The Balaban J connectivity index is 3.01. The molecule has 2 unspecified atom stereocenters. The Bertz CT molecular complexity index is 404. The molecule has 114 valence electrons. The molecule has 1 aromatic rings. The predicted molar refractivity (Wildman–Crippen MR) is 84.6 cm³/mol. The highest BCUT2D eigenvalue weighted by molar-refractivity contribution is 5.20. The van der Waals surface area contributed by atoms with E-state index in [-0.39, 0.29) is 17.4 Å². The van der Waals surface area contributed by atoms with Crippen molar-refractivity contribution in [2.75, 3.05) is 20.1 Å². The van der Waals surface area contributed by atoms with Crippen molar-refractivity contribution in [1.82, 2.24) is 10.2 Å². The number of benzene rings is 1. The summed E-state index contributed by atoms with van der Waals surface area (Å²) < 4.78 is 13.9. The van der Waals surface area contributed by atoms with Gasteiger partial charge < -0.3 is 5.32 Å². The van der Waals surface area contributed by atoms with Gasteiger partial charge in [-0.05, 0) is 51.5 Å². The summed E-state index contributed by atoms with van der Waals surface area (Å²) in [4.78, 5) is 2.47. The van der Waals surface area contributed by atoms with Gasteiger partial charge in [0.05, 0.1) is 0 Å². The van der Waals surface area contributed by atoms with Crippen LogP contribution in [-0.2, 0) is 6.42 Å². The van der Waals surface area contributed by atoms with Crippen LogP contribution in [0.1, 0.15) is 39.7 Å². The van der Waals surface area contributed by atoms with Crippen molar-refractivity contribution in [1.29, 1.82) is 0 Å². The average molecular weight is 280 g/mol. The fraction of sp³-hybridized carbons (Fsp3) is 0.647. The van der Waals surface area contributed by atoms with E-state index in [1.807, 2.05) is 19.2 Å². The highest BCUT2D eigenvalue weighted by Gasteiger charge is 2.36. The smallest absolute Gasteiger partial charge is 0.126 e. The van der Waals surface area contributed by atoms with Gasteiger partial charge >= 0.3 is 0 Å². The Labute approximate surface area is 123 Å². The van der Waals surface area contributed by atoms with Crippen molar-refractivity contribution in [3.63, 3.8) is 0 Å². The van der Waals surface area contributed by atoms with Gasteiger partial charge in [0.25, 0.3) is 0 Å². The number of halogens is 1. The van der Waals surface area contributed by atoms with Gasteiger partial charge in [-0.3, -0.25) is 4.90 Å². The van der Waals surface area contributed by atoms with Crippen LogP contribution in [0.5, 0.6) is 0 Å². The van der Waals surface area contributed by atoms with E-state index in [1.165, 1.54) is 0 Å². The second-order valence-corrected chi connectivity index (χ2v) is 5.52. The van der Waals surface area contributed by atoms with Crippen LogP contribution in [0.4, 0.5) is 4.39 Å². The molecule has 0 saturated heterocycles. The van der Waals surface area contributed by atoms with Crippen LogP contribution in [0.2, 0.25) is 0 Å². The Hall–Kier alpha value is -0.930. The lowest BCUT2D eigenvalue weighted by molar-refractivity contribution is 0.0727. The maximum atomic E-state index is 13.9. The summed E-state index contributed by atoms with van der Waals surface area (Å²) in [7, 11) is 1.98. The van der Waals surface area contributed by atoms with Crippen LogP contribution in [0.15, 0.2) is 24.3 Å². The molecule has 1 rings (SSSR count). The first-order valence-electron chi connectivity index (χ1n) is 7.69. The first-order chi connectivity index (χ1) is 9.53. The van der Waals surface area contributed by atoms with Gasteiger partial charge in [-0.25, -0.2) is 4.39 Å². The van der Waals surface area contributed by atoms with Gasteiger partial charge in [0.2, 0.25) is 0 Å². The molecule has 3 heteroatoms. The second kappa shape index (κ2) is 7.75. The quantitative estimate of drug-likeness (QED) is 0.784. The molecule has 20 heavy (non-hydrogen) atoms. The lowest BCUT2D eigenvalue weighted by atomic mass is 9.83. The van der Waals surface area contributed by atoms with Crippen molar-refractivity contribution < 1.29 is 4.39 Å². The number of hydrogen-bond donors (Lipinski definition) is 1. The monoisotopic (exact) mass is 280 g/mol. The van der Waals surface area contributed by atoms with Crippen molar-refractivity contribution in [2.45, 2.75) is 52.1 Å². The summed E-state index contributed by atoms with van der Waals surface area (Å²) in [6.07, 6.45) is 1.75. The third kappa shape index (κ3) is 3.58. The number of nitrogens with zero attached hydrogens (tertiary/aromatic N) is 1. The molecule has 0 spiro atoms. The van der Waals surface area contributed by atoms with Crippen LogP contribution in [0.25, 0.3) is 0 Å². The van der Waals surface area contributed by atoms with Crippen molar-refractivity contribution in [3.05, 3.63) is 35.6 Å². The van der Waals surface area contributed by atoms with Gasteiger partial charge in [0.1, 0.15) is 5.82 Å². The highest BCUT2D eigenvalue weighted by atomic mass is 19.1. The fourth-order valence-electron chi connectivity index (χ4n) is 3.15. The van der Waals surface area contributed by atoms with E-state index >= 15 is 0 Å². The molecule has 2 atom stereocenters. The molecule has 0 bridgehead atoms. The molecule has 0 aliphatic rings. The van der Waals surface area contributed by atoms with Crippen molar-refractivity contribution in [3.8, 4) is 0 Å². The zero-order valence-electron chi connectivity index (χ0n) is 13.5. The topological polar surface area (TPSA) is 15.3 Å². The lowest BCUT2D eigenvalue weighted by Gasteiger charge is -2.46. The molecule has 1 aromatic carbocycles. The third-order valence-corrected chi connectivity index (χ3v) is 4.68. The minimum Gasteiger partial charge on any atom is -0.315 e. The SMILES string of the molecule is CCN(CC)C(C)(CC)C(Cc1ccccc1F)NC. The average Bonchev–Trinajstić information content (AvgIpc) is 2.47. The summed E-state index contributed by atoms with van der Waals surface area (Å²) in [6, 6.07) is 7.31. The van der Waals surface area contributed by atoms with Crippen molar-refractivity contribution >= 4 is 0 Å². The maximum absolute atomic E-state index is 13.9. The van der Waals surface area contributed by atoms with E-state index in [4.69, 9.17) is 0 Å². The molecule has 1 N–H and O–H groups in total. The molecule has 0 saturated carbocycles. The molecule has 0 heterocycles. The van der Waals surface area contributed by atoms with Crippen molar-refractivity contribution in [2.24, 2.45) is 0 Å². The number of rotatable bonds is 8. The number of hydrogen-bond acceptors (Lipinski definition) is 2. The van der Waals surface area contributed by atoms with Gasteiger partial charge in [-0.15, -0.1) is 0 Å². The van der Waals surface area contributed by atoms with E-state index in [1.54, 1.807) is 12.1 Å². The lowest BCUT2D eigenvalue weighted by Crippen LogP contribution is -2.59. The van der Waals surface area contributed by atoms with Gasteiger partial charge in [0, 0.05) is 11.6 Å². The number of nitrogens with one attached hydrogen (secondary N) is 1. The summed E-state index contributed by atoms with van der Waals surface area (Å²) in [5, 5.41) is 3.41. The Kier molecular flexibility index (Phi) is 6.63. The molecule has 0 aliphatic carbocycles. The molecule has 0 amide bonds. The van der Waals surface area contributed by atoms with E-state index in [9.17, 15) is 4.39 Å². The van der Waals surface area contributed by atoms with Crippen LogP contribution < -0.4 is 5.32 Å². The van der Waals surface area contributed by atoms with Crippen LogP contribution in [-0.4, -0.2) is 36.6 Å². The maximum Gasteiger partial charge on any atom is 0.126 e. The summed E-state index contributed by atoms with van der Waals surface area (Å²) >= 11 is 0. The number of likely N-dealkylation sites (N-methyl/N-ethyl adjacent to an activating group) is 2. The minimum atomic E-state index is -0.106. The molecular weight excluding hydrogens is 251 g/mol. The van der Waals surface area contributed by atoms with E-state index < -0.39 is 0 Å². The largest absolute Gasteiger partial charge is 0.315 e. The van der Waals surface area contributed by atoms with Crippen LogP contribution >= 0.6 is 0 Å². The summed E-state index contributed by atoms with van der Waals surface area (Å²) in [5.74, 6) is -0.106. The second-order valence-electron chi connectivity index (χ2n) is 5.52. The normalized spacial score (nSPS) is 16.1. The molecule has 0 fully saturated rings. The van der Waals surface area contributed by atoms with Crippen LogP contribution in [0, 0.1) is 5.82 Å². The Morgan fingerprint density at radius 1 is 1.20 bits per heavy atom. The molecule has 0 radical (unpaired) electrons. The zero-order chi connectivity index (χ0) is 15.2. The molecule has 0 aliphatic heterocycles. The standard InChI is InChI=1S/C17H29FN2/c1-6-17(4,20(7-2)8-3)16(19-5)13-14-11-9-10-12-15(14)18/h9-12,16,19H,6-8,13H2,1-5H3. The molecule has 2 nitrogen and oxygen atoms in total. The summed E-state index contributed by atoms with van der Waals surface area (Å²) in [5.41, 5.74) is 0.819. The Morgan fingerprint density at radius 2 is 1.80 bits per heavy atom. The van der Waals surface area contributed by atoms with Gasteiger partial charge in [-0.2, -0.15) is 0 Å². The predicted octanol–water partition coefficient (Wildman–Crippen LogP) is 3.47. The van der Waals surface area contributed by atoms with Gasteiger partial charge in [-0.1, -0.05) is 39.0 Å².